The summed E-state index contributed by atoms with van der Waals surface area (Å²) >= 11 is 0. The maximum Gasteiger partial charge on any atom is 0.339 e. The van der Waals surface area contributed by atoms with Crippen LogP contribution in [0.15, 0.2) is 47.0 Å². The summed E-state index contributed by atoms with van der Waals surface area (Å²) in [5, 5.41) is 2.98. The first-order valence-corrected chi connectivity index (χ1v) is 9.54. The van der Waals surface area contributed by atoms with Crippen LogP contribution in [-0.4, -0.2) is 24.3 Å². The van der Waals surface area contributed by atoms with Crippen molar-refractivity contribution in [2.45, 2.75) is 44.4 Å². The number of ketones is 1. The predicted molar refractivity (Wildman–Crippen MR) is 101 cm³/mol. The number of Topliss-reactive ketones (excluding diaryl/α,β-unsaturated/α-hetero) is 1. The van der Waals surface area contributed by atoms with E-state index in [1.807, 2.05) is 6.92 Å². The van der Waals surface area contributed by atoms with E-state index in [0.717, 1.165) is 6.42 Å². The molecule has 146 valence electrons. The number of para-hydroxylation sites is 1. The molecule has 0 fully saturated rings. The van der Waals surface area contributed by atoms with Gasteiger partial charge in [0.15, 0.2) is 11.2 Å². The maximum atomic E-state index is 13.3. The van der Waals surface area contributed by atoms with Gasteiger partial charge in [-0.25, -0.2) is 9.59 Å². The Kier molecular flexibility index (Phi) is 4.45. The average Bonchev–Trinajstić information content (AvgIpc) is 2.96. The summed E-state index contributed by atoms with van der Waals surface area (Å²) in [6.45, 7) is 2.19. The Labute approximate surface area is 162 Å². The van der Waals surface area contributed by atoms with Crippen LogP contribution in [0.2, 0.25) is 0 Å². The molecule has 1 aromatic carbocycles. The lowest BCUT2D eigenvalue weighted by Gasteiger charge is -2.36. The fourth-order valence-corrected chi connectivity index (χ4v) is 4.21. The quantitative estimate of drug-likeness (QED) is 0.608. The van der Waals surface area contributed by atoms with Crippen LogP contribution < -0.4 is 11.1 Å². The fraction of sp³-hybridized carbons (Fsp3) is 0.381. The predicted octanol–water partition coefficient (Wildman–Crippen LogP) is 2.43. The number of nitrogens with one attached hydrogen (secondary N) is 1. The van der Waals surface area contributed by atoms with Crippen LogP contribution in [0.3, 0.4) is 0 Å². The molecule has 1 aromatic rings. The van der Waals surface area contributed by atoms with Crippen LogP contribution in [0.5, 0.6) is 0 Å². The van der Waals surface area contributed by atoms with Gasteiger partial charge in [0, 0.05) is 24.1 Å². The zero-order valence-electron chi connectivity index (χ0n) is 15.7. The first-order chi connectivity index (χ1) is 13.5. The van der Waals surface area contributed by atoms with Crippen molar-refractivity contribution >= 4 is 23.4 Å². The molecule has 3 N–H and O–H groups in total. The van der Waals surface area contributed by atoms with Gasteiger partial charge in [-0.3, -0.25) is 4.79 Å². The van der Waals surface area contributed by atoms with Crippen LogP contribution in [0, 0.1) is 0 Å². The number of ether oxygens (including phenoxy) is 2. The van der Waals surface area contributed by atoms with E-state index in [1.54, 1.807) is 24.3 Å². The Morgan fingerprint density at radius 3 is 2.86 bits per heavy atom. The van der Waals surface area contributed by atoms with E-state index in [1.165, 1.54) is 0 Å². The number of carbonyl (C=O) groups excluding carboxylic acids is 3. The number of unbranched alkanes of at least 4 members (excludes halogenated alkanes) is 1. The second-order valence-electron chi connectivity index (χ2n) is 7.16. The number of hydrogen-bond acceptors (Lipinski definition) is 7. The minimum Gasteiger partial charge on any atom is -0.462 e. The molecule has 1 unspecified atom stereocenters. The van der Waals surface area contributed by atoms with Gasteiger partial charge in [-0.05, 0) is 18.9 Å². The maximum absolute atomic E-state index is 13.3. The van der Waals surface area contributed by atoms with Gasteiger partial charge in [-0.2, -0.15) is 0 Å². The Morgan fingerprint density at radius 2 is 2.07 bits per heavy atom. The molecule has 3 aliphatic rings. The minimum atomic E-state index is -1.68. The molecule has 0 saturated heterocycles. The summed E-state index contributed by atoms with van der Waals surface area (Å²) < 4.78 is 10.9. The fourth-order valence-electron chi connectivity index (χ4n) is 4.21. The number of allylic oxidation sites excluding steroid dienone is 1. The van der Waals surface area contributed by atoms with Gasteiger partial charge in [0.1, 0.15) is 17.2 Å². The molecule has 1 aliphatic carbocycles. The van der Waals surface area contributed by atoms with Crippen molar-refractivity contribution in [2.75, 3.05) is 11.9 Å². The van der Waals surface area contributed by atoms with E-state index in [2.05, 4.69) is 5.32 Å². The molecule has 7 nitrogen and oxygen atoms in total. The SMILES string of the molecule is CCCCOC(=O)C1=C(N)Nc2ccccc2C12C(=O)OC1=C2C(=O)CCC1. The zero-order chi connectivity index (χ0) is 19.9. The number of fused-ring (bicyclic) bond motifs is 3. The molecule has 0 bridgehead atoms. The molecule has 0 amide bonds. The highest BCUT2D eigenvalue weighted by molar-refractivity contribution is 6.17. The van der Waals surface area contributed by atoms with Gasteiger partial charge >= 0.3 is 11.9 Å². The van der Waals surface area contributed by atoms with Crippen molar-refractivity contribution in [1.82, 2.24) is 0 Å². The molecule has 0 aromatic heterocycles. The molecule has 28 heavy (non-hydrogen) atoms. The molecular formula is C21H22N2O5. The Morgan fingerprint density at radius 1 is 1.29 bits per heavy atom. The molecule has 0 radical (unpaired) electrons. The third-order valence-electron chi connectivity index (χ3n) is 5.44. The Balaban J connectivity index is 1.95. The van der Waals surface area contributed by atoms with Gasteiger partial charge in [0.25, 0.3) is 0 Å². The number of benzene rings is 1. The van der Waals surface area contributed by atoms with E-state index >= 15 is 0 Å². The monoisotopic (exact) mass is 382 g/mol. The van der Waals surface area contributed by atoms with Crippen molar-refractivity contribution < 1.29 is 23.9 Å². The number of rotatable bonds is 4. The van der Waals surface area contributed by atoms with Crippen LogP contribution in [0.1, 0.15) is 44.6 Å². The van der Waals surface area contributed by atoms with Gasteiger partial charge < -0.3 is 20.5 Å². The summed E-state index contributed by atoms with van der Waals surface area (Å²) in [5.74, 6) is -1.24. The third-order valence-corrected chi connectivity index (χ3v) is 5.44. The number of anilines is 1. The van der Waals surface area contributed by atoms with Crippen LogP contribution in [0.25, 0.3) is 0 Å². The highest BCUT2D eigenvalue weighted by Crippen LogP contribution is 2.54. The van der Waals surface area contributed by atoms with Crippen molar-refractivity contribution in [3.63, 3.8) is 0 Å². The Bertz CT molecular complexity index is 946. The number of nitrogens with two attached hydrogens (primary N) is 1. The number of esters is 2. The van der Waals surface area contributed by atoms with Gasteiger partial charge in [-0.1, -0.05) is 31.5 Å². The van der Waals surface area contributed by atoms with E-state index in [9.17, 15) is 14.4 Å². The highest BCUT2D eigenvalue weighted by atomic mass is 16.5. The smallest absolute Gasteiger partial charge is 0.339 e. The second-order valence-corrected chi connectivity index (χ2v) is 7.16. The van der Waals surface area contributed by atoms with Crippen molar-refractivity contribution in [1.29, 1.82) is 0 Å². The summed E-state index contributed by atoms with van der Waals surface area (Å²) in [6.07, 6.45) is 2.92. The second kappa shape index (κ2) is 6.82. The van der Waals surface area contributed by atoms with E-state index < -0.39 is 17.4 Å². The normalized spacial score (nSPS) is 23.3. The molecular weight excluding hydrogens is 360 g/mol. The summed E-state index contributed by atoms with van der Waals surface area (Å²) in [7, 11) is 0. The average molecular weight is 382 g/mol. The largest absolute Gasteiger partial charge is 0.462 e. The van der Waals surface area contributed by atoms with Crippen molar-refractivity contribution in [3.8, 4) is 0 Å². The molecule has 1 atom stereocenters. The van der Waals surface area contributed by atoms with Crippen molar-refractivity contribution in [3.05, 3.63) is 52.6 Å². The lowest BCUT2D eigenvalue weighted by molar-refractivity contribution is -0.146. The van der Waals surface area contributed by atoms with E-state index in [0.29, 0.717) is 42.7 Å². The van der Waals surface area contributed by atoms with E-state index in [4.69, 9.17) is 15.2 Å². The molecule has 2 aliphatic heterocycles. The lowest BCUT2D eigenvalue weighted by atomic mass is 9.64. The van der Waals surface area contributed by atoms with Gasteiger partial charge in [-0.15, -0.1) is 0 Å². The topological polar surface area (TPSA) is 108 Å². The summed E-state index contributed by atoms with van der Waals surface area (Å²) in [5.41, 5.74) is 5.74. The first-order valence-electron chi connectivity index (χ1n) is 9.54. The van der Waals surface area contributed by atoms with Gasteiger partial charge in [0.2, 0.25) is 0 Å². The molecule has 7 heteroatoms. The number of hydrogen-bond donors (Lipinski definition) is 2. The summed E-state index contributed by atoms with van der Waals surface area (Å²) in [6, 6.07) is 7.01. The van der Waals surface area contributed by atoms with E-state index in [-0.39, 0.29) is 29.4 Å². The minimum absolute atomic E-state index is 0.00396. The molecule has 2 heterocycles. The van der Waals surface area contributed by atoms with Crippen LogP contribution in [0.4, 0.5) is 5.69 Å². The zero-order valence-corrected chi connectivity index (χ0v) is 15.7. The highest BCUT2D eigenvalue weighted by Gasteiger charge is 2.62. The van der Waals surface area contributed by atoms with Crippen molar-refractivity contribution in [2.24, 2.45) is 5.73 Å². The van der Waals surface area contributed by atoms with Crippen LogP contribution >= 0.6 is 0 Å². The lowest BCUT2D eigenvalue weighted by Crippen LogP contribution is -2.47. The first kappa shape index (κ1) is 18.3. The molecule has 0 saturated carbocycles. The summed E-state index contributed by atoms with van der Waals surface area (Å²) in [4.78, 5) is 39.2. The number of carbonyl (C=O) groups is 3. The van der Waals surface area contributed by atoms with Crippen LogP contribution in [-0.2, 0) is 29.3 Å². The molecule has 4 rings (SSSR count). The molecule has 1 spiro atoms. The third kappa shape index (κ3) is 2.46. The standard InChI is InChI=1S/C21H22N2O5/c1-2-3-11-27-19(25)17-18(22)23-13-8-5-4-7-12(13)21(17)16-14(24)9-6-10-15(16)28-20(21)26/h4-5,7-8,23H,2-3,6,9-11,22H2,1H3. The Hall–Kier alpha value is -3.09. The van der Waals surface area contributed by atoms with Gasteiger partial charge in [0.05, 0.1) is 12.2 Å².